The number of hydrogen-bond acceptors (Lipinski definition) is 2. The maximum atomic E-state index is 4.99. The van der Waals surface area contributed by atoms with E-state index in [4.69, 9.17) is 4.74 Å². The van der Waals surface area contributed by atoms with Crippen LogP contribution in [-0.4, -0.2) is 26.8 Å². The molecule has 84 valence electrons. The van der Waals surface area contributed by atoms with Crippen molar-refractivity contribution >= 4 is 0 Å². The summed E-state index contributed by atoms with van der Waals surface area (Å²) in [4.78, 5) is 0. The zero-order valence-electron chi connectivity index (χ0n) is 9.92. The Bertz CT molecular complexity index is 286. The number of aryl methyl sites for hydroxylation is 1. The lowest BCUT2D eigenvalue weighted by Gasteiger charge is -2.15. The molecule has 0 saturated carbocycles. The van der Waals surface area contributed by atoms with Crippen LogP contribution in [0.25, 0.3) is 0 Å². The van der Waals surface area contributed by atoms with Gasteiger partial charge in [-0.05, 0) is 24.0 Å². The first-order valence-electron chi connectivity index (χ1n) is 5.51. The number of rotatable bonds is 6. The van der Waals surface area contributed by atoms with Gasteiger partial charge in [-0.2, -0.15) is 0 Å². The summed E-state index contributed by atoms with van der Waals surface area (Å²) in [5.74, 6) is 0.558. The van der Waals surface area contributed by atoms with E-state index >= 15 is 0 Å². The van der Waals surface area contributed by atoms with Crippen molar-refractivity contribution in [2.24, 2.45) is 0 Å². The van der Waals surface area contributed by atoms with Gasteiger partial charge in [0.2, 0.25) is 0 Å². The highest BCUT2D eigenvalue weighted by Gasteiger charge is 2.06. The van der Waals surface area contributed by atoms with Crippen molar-refractivity contribution in [2.75, 3.05) is 26.8 Å². The molecule has 1 rings (SSSR count). The van der Waals surface area contributed by atoms with Gasteiger partial charge in [0.25, 0.3) is 0 Å². The molecule has 0 aliphatic heterocycles. The van der Waals surface area contributed by atoms with Crippen molar-refractivity contribution in [1.82, 2.24) is 5.32 Å². The number of ether oxygens (including phenoxy) is 1. The third-order valence-corrected chi connectivity index (χ3v) is 2.65. The molecule has 1 aromatic rings. The summed E-state index contributed by atoms with van der Waals surface area (Å²) < 4.78 is 4.99. The van der Waals surface area contributed by atoms with Crippen LogP contribution in [-0.2, 0) is 4.74 Å². The second kappa shape index (κ2) is 6.59. The Balaban J connectivity index is 2.40. The highest BCUT2D eigenvalue weighted by atomic mass is 16.5. The third-order valence-electron chi connectivity index (χ3n) is 2.65. The number of benzene rings is 1. The molecule has 1 unspecified atom stereocenters. The molecule has 0 spiro atoms. The molecule has 0 saturated heterocycles. The molecule has 0 heterocycles. The monoisotopic (exact) mass is 207 g/mol. The molecule has 0 radical (unpaired) electrons. The van der Waals surface area contributed by atoms with Crippen LogP contribution in [0.1, 0.15) is 24.0 Å². The molecule has 0 aliphatic rings. The van der Waals surface area contributed by atoms with Crippen LogP contribution in [0.15, 0.2) is 24.3 Å². The van der Waals surface area contributed by atoms with E-state index in [-0.39, 0.29) is 0 Å². The fraction of sp³-hybridized carbons (Fsp3) is 0.538. The first kappa shape index (κ1) is 12.2. The van der Waals surface area contributed by atoms with Gasteiger partial charge in [0.15, 0.2) is 0 Å². The van der Waals surface area contributed by atoms with Crippen LogP contribution in [0.4, 0.5) is 0 Å². The molecule has 0 aliphatic carbocycles. The van der Waals surface area contributed by atoms with Gasteiger partial charge in [-0.25, -0.2) is 0 Å². The van der Waals surface area contributed by atoms with Crippen molar-refractivity contribution in [2.45, 2.75) is 19.8 Å². The van der Waals surface area contributed by atoms with Crippen LogP contribution >= 0.6 is 0 Å². The molecule has 15 heavy (non-hydrogen) atoms. The molecule has 0 aromatic heterocycles. The molecule has 0 amide bonds. The SMILES string of the molecule is COCCNCC(C)c1ccccc1C. The van der Waals surface area contributed by atoms with Gasteiger partial charge in [-0.15, -0.1) is 0 Å². The molecular formula is C13H21NO. The summed E-state index contributed by atoms with van der Waals surface area (Å²) in [6.45, 7) is 7.13. The quantitative estimate of drug-likeness (QED) is 0.723. The van der Waals surface area contributed by atoms with Gasteiger partial charge in [-0.1, -0.05) is 31.2 Å². The van der Waals surface area contributed by atoms with E-state index in [1.54, 1.807) is 7.11 Å². The second-order valence-electron chi connectivity index (χ2n) is 3.95. The smallest absolute Gasteiger partial charge is 0.0587 e. The van der Waals surface area contributed by atoms with E-state index in [1.807, 2.05) is 0 Å². The lowest BCUT2D eigenvalue weighted by molar-refractivity contribution is 0.199. The van der Waals surface area contributed by atoms with Gasteiger partial charge in [0, 0.05) is 20.2 Å². The van der Waals surface area contributed by atoms with Gasteiger partial charge < -0.3 is 10.1 Å². The highest BCUT2D eigenvalue weighted by Crippen LogP contribution is 2.17. The zero-order chi connectivity index (χ0) is 11.1. The van der Waals surface area contributed by atoms with Crippen LogP contribution < -0.4 is 5.32 Å². The molecule has 2 nitrogen and oxygen atoms in total. The Labute approximate surface area is 92.6 Å². The van der Waals surface area contributed by atoms with Crippen molar-refractivity contribution in [3.8, 4) is 0 Å². The number of methoxy groups -OCH3 is 1. The topological polar surface area (TPSA) is 21.3 Å². The van der Waals surface area contributed by atoms with Crippen LogP contribution in [0, 0.1) is 6.92 Å². The van der Waals surface area contributed by atoms with E-state index in [2.05, 4.69) is 43.4 Å². The normalized spacial score (nSPS) is 12.7. The minimum Gasteiger partial charge on any atom is -0.383 e. The summed E-state index contributed by atoms with van der Waals surface area (Å²) in [5.41, 5.74) is 2.81. The van der Waals surface area contributed by atoms with E-state index in [9.17, 15) is 0 Å². The van der Waals surface area contributed by atoms with Crippen molar-refractivity contribution in [1.29, 1.82) is 0 Å². The Morgan fingerprint density at radius 2 is 2.07 bits per heavy atom. The third kappa shape index (κ3) is 4.02. The maximum Gasteiger partial charge on any atom is 0.0587 e. The Hall–Kier alpha value is -0.860. The van der Waals surface area contributed by atoms with E-state index in [1.165, 1.54) is 11.1 Å². The lowest BCUT2D eigenvalue weighted by atomic mass is 9.96. The Morgan fingerprint density at radius 1 is 1.33 bits per heavy atom. The van der Waals surface area contributed by atoms with Gasteiger partial charge in [0.1, 0.15) is 0 Å². The maximum absolute atomic E-state index is 4.99. The lowest BCUT2D eigenvalue weighted by Crippen LogP contribution is -2.24. The van der Waals surface area contributed by atoms with Crippen LogP contribution in [0.2, 0.25) is 0 Å². The van der Waals surface area contributed by atoms with Gasteiger partial charge in [0.05, 0.1) is 6.61 Å². The zero-order valence-corrected chi connectivity index (χ0v) is 9.92. The number of hydrogen-bond donors (Lipinski definition) is 1. The van der Waals surface area contributed by atoms with Crippen molar-refractivity contribution in [3.63, 3.8) is 0 Å². The van der Waals surface area contributed by atoms with Crippen LogP contribution in [0.3, 0.4) is 0 Å². The van der Waals surface area contributed by atoms with Gasteiger partial charge >= 0.3 is 0 Å². The van der Waals surface area contributed by atoms with Crippen molar-refractivity contribution < 1.29 is 4.74 Å². The Kier molecular flexibility index (Phi) is 5.37. The fourth-order valence-electron chi connectivity index (χ4n) is 1.74. The number of nitrogens with one attached hydrogen (secondary N) is 1. The summed E-state index contributed by atoms with van der Waals surface area (Å²) in [7, 11) is 1.73. The molecule has 1 atom stereocenters. The molecular weight excluding hydrogens is 186 g/mol. The standard InChI is InChI=1S/C13H21NO/c1-11-6-4-5-7-13(11)12(2)10-14-8-9-15-3/h4-7,12,14H,8-10H2,1-3H3. The van der Waals surface area contributed by atoms with Crippen LogP contribution in [0.5, 0.6) is 0 Å². The van der Waals surface area contributed by atoms with E-state index < -0.39 is 0 Å². The predicted octanol–water partition coefficient (Wildman–Crippen LogP) is 2.33. The summed E-state index contributed by atoms with van der Waals surface area (Å²) in [6, 6.07) is 8.57. The largest absolute Gasteiger partial charge is 0.383 e. The Morgan fingerprint density at radius 3 is 2.73 bits per heavy atom. The average Bonchev–Trinajstić information content (AvgIpc) is 2.25. The fourth-order valence-corrected chi connectivity index (χ4v) is 1.74. The molecule has 1 N–H and O–H groups in total. The first-order valence-corrected chi connectivity index (χ1v) is 5.51. The van der Waals surface area contributed by atoms with E-state index in [0.717, 1.165) is 19.7 Å². The minimum absolute atomic E-state index is 0.558. The highest BCUT2D eigenvalue weighted by molar-refractivity contribution is 5.28. The molecule has 0 fully saturated rings. The molecule has 1 aromatic carbocycles. The van der Waals surface area contributed by atoms with Gasteiger partial charge in [-0.3, -0.25) is 0 Å². The molecule has 0 bridgehead atoms. The first-order chi connectivity index (χ1) is 7.25. The second-order valence-corrected chi connectivity index (χ2v) is 3.95. The predicted molar refractivity (Wildman–Crippen MR) is 64.3 cm³/mol. The average molecular weight is 207 g/mol. The molecule has 2 heteroatoms. The summed E-state index contributed by atoms with van der Waals surface area (Å²) in [6.07, 6.45) is 0. The minimum atomic E-state index is 0.558. The summed E-state index contributed by atoms with van der Waals surface area (Å²) in [5, 5.41) is 3.39. The summed E-state index contributed by atoms with van der Waals surface area (Å²) >= 11 is 0. The van der Waals surface area contributed by atoms with Crippen molar-refractivity contribution in [3.05, 3.63) is 35.4 Å². The van der Waals surface area contributed by atoms with E-state index in [0.29, 0.717) is 5.92 Å².